The molecule has 0 aromatic heterocycles. The Kier molecular flexibility index (Phi) is 7.10. The van der Waals surface area contributed by atoms with Crippen LogP contribution in [0.5, 0.6) is 0 Å². The van der Waals surface area contributed by atoms with E-state index in [9.17, 15) is 0 Å². The van der Waals surface area contributed by atoms with E-state index in [1.807, 2.05) is 32.9 Å². The van der Waals surface area contributed by atoms with Crippen molar-refractivity contribution in [3.63, 3.8) is 0 Å². The van der Waals surface area contributed by atoms with Gasteiger partial charge < -0.3 is 13.3 Å². The number of rotatable bonds is 8. The maximum absolute atomic E-state index is 5.85. The van der Waals surface area contributed by atoms with Gasteiger partial charge in [-0.25, -0.2) is 0 Å². The Balaban J connectivity index is 3.04. The second-order valence-corrected chi connectivity index (χ2v) is 6.80. The molecule has 0 aliphatic heterocycles. The van der Waals surface area contributed by atoms with Crippen molar-refractivity contribution >= 4 is 29.9 Å². The van der Waals surface area contributed by atoms with Gasteiger partial charge in [-0.05, 0) is 26.3 Å². The minimum atomic E-state index is -2.72. The summed E-state index contributed by atoms with van der Waals surface area (Å²) >= 11 is 3.44. The number of hydrogen-bond donors (Lipinski definition) is 0. The van der Waals surface area contributed by atoms with E-state index in [1.54, 1.807) is 0 Å². The topological polar surface area (TPSA) is 27.7 Å². The van der Waals surface area contributed by atoms with Gasteiger partial charge in [-0.1, -0.05) is 40.2 Å². The van der Waals surface area contributed by atoms with Gasteiger partial charge in [0.15, 0.2) is 0 Å². The van der Waals surface area contributed by atoms with E-state index >= 15 is 0 Å². The van der Waals surface area contributed by atoms with Crippen molar-refractivity contribution in [3.8, 4) is 0 Å². The first kappa shape index (κ1) is 15.9. The summed E-state index contributed by atoms with van der Waals surface area (Å²) in [6.07, 6.45) is 0. The molecule has 0 spiro atoms. The molecule has 5 heteroatoms. The minimum Gasteiger partial charge on any atom is -0.370 e. The van der Waals surface area contributed by atoms with Crippen LogP contribution in [-0.2, 0) is 18.6 Å². The van der Waals surface area contributed by atoms with Crippen LogP contribution in [0.4, 0.5) is 0 Å². The predicted octanol–water partition coefficient (Wildman–Crippen LogP) is 2.84. The molecule has 0 fully saturated rings. The predicted molar refractivity (Wildman–Crippen MR) is 79.3 cm³/mol. The van der Waals surface area contributed by atoms with Crippen LogP contribution >= 0.6 is 15.9 Å². The molecule has 1 rings (SSSR count). The van der Waals surface area contributed by atoms with Crippen LogP contribution in [0.3, 0.4) is 0 Å². The number of alkyl halides is 1. The molecule has 1 aromatic rings. The molecule has 0 saturated carbocycles. The average Bonchev–Trinajstić information content (AvgIpc) is 2.39. The molecule has 0 atom stereocenters. The minimum absolute atomic E-state index is 0.590. The van der Waals surface area contributed by atoms with Gasteiger partial charge in [0.1, 0.15) is 0 Å². The molecule has 0 aliphatic carbocycles. The largest absolute Gasteiger partial charge is 0.537 e. The molecule has 0 saturated heterocycles. The third kappa shape index (κ3) is 3.90. The van der Waals surface area contributed by atoms with Gasteiger partial charge in [-0.2, -0.15) is 0 Å². The summed E-state index contributed by atoms with van der Waals surface area (Å²) in [6.45, 7) is 7.66. The summed E-state index contributed by atoms with van der Waals surface area (Å²) in [5, 5.41) is 1.87. The van der Waals surface area contributed by atoms with E-state index in [1.165, 1.54) is 5.56 Å². The summed E-state index contributed by atoms with van der Waals surface area (Å²) in [5.41, 5.74) is 1.23. The first-order valence-corrected chi connectivity index (χ1v) is 9.14. The van der Waals surface area contributed by atoms with Gasteiger partial charge >= 0.3 is 8.80 Å². The Hall–Kier alpha value is -0.203. The van der Waals surface area contributed by atoms with Crippen LogP contribution in [0.2, 0.25) is 0 Å². The molecular formula is C13H21BrO3Si. The van der Waals surface area contributed by atoms with Crippen LogP contribution in [0.1, 0.15) is 26.3 Å². The molecule has 0 heterocycles. The van der Waals surface area contributed by atoms with Gasteiger partial charge in [-0.3, -0.25) is 0 Å². The monoisotopic (exact) mass is 332 g/mol. The molecule has 0 amide bonds. The normalized spacial score (nSPS) is 11.8. The van der Waals surface area contributed by atoms with E-state index in [0.717, 1.165) is 10.5 Å². The van der Waals surface area contributed by atoms with Crippen LogP contribution in [0.15, 0.2) is 24.3 Å². The highest BCUT2D eigenvalue weighted by Crippen LogP contribution is 2.12. The lowest BCUT2D eigenvalue weighted by molar-refractivity contribution is 0.0859. The number of benzene rings is 1. The van der Waals surface area contributed by atoms with Crippen molar-refractivity contribution in [1.82, 2.24) is 0 Å². The zero-order chi connectivity index (χ0) is 13.4. The Morgan fingerprint density at radius 3 is 1.67 bits per heavy atom. The SMILES string of the molecule is CCO[Si](OCC)(OCC)c1ccc(CBr)cc1. The van der Waals surface area contributed by atoms with Gasteiger partial charge in [0.05, 0.1) is 0 Å². The summed E-state index contributed by atoms with van der Waals surface area (Å²) in [5.74, 6) is 0. The van der Waals surface area contributed by atoms with E-state index in [0.29, 0.717) is 19.8 Å². The van der Waals surface area contributed by atoms with Crippen molar-refractivity contribution in [3.05, 3.63) is 29.8 Å². The van der Waals surface area contributed by atoms with Gasteiger partial charge in [0.25, 0.3) is 0 Å². The highest BCUT2D eigenvalue weighted by atomic mass is 79.9. The zero-order valence-electron chi connectivity index (χ0n) is 11.2. The molecule has 0 bridgehead atoms. The van der Waals surface area contributed by atoms with Crippen LogP contribution in [-0.4, -0.2) is 28.6 Å². The first-order valence-electron chi connectivity index (χ1n) is 6.29. The molecule has 102 valence electrons. The van der Waals surface area contributed by atoms with Crippen molar-refractivity contribution in [1.29, 1.82) is 0 Å². The molecule has 0 N–H and O–H groups in total. The van der Waals surface area contributed by atoms with Crippen LogP contribution < -0.4 is 5.19 Å². The van der Waals surface area contributed by atoms with E-state index < -0.39 is 8.80 Å². The third-order valence-corrected chi connectivity index (χ3v) is 6.16. The quantitative estimate of drug-likeness (QED) is 0.541. The number of hydrogen-bond acceptors (Lipinski definition) is 3. The smallest absolute Gasteiger partial charge is 0.370 e. The fraction of sp³-hybridized carbons (Fsp3) is 0.538. The molecule has 3 nitrogen and oxygen atoms in total. The molecule has 18 heavy (non-hydrogen) atoms. The number of halogens is 1. The average molecular weight is 333 g/mol. The second kappa shape index (κ2) is 8.07. The molecular weight excluding hydrogens is 312 g/mol. The van der Waals surface area contributed by atoms with Crippen LogP contribution in [0, 0.1) is 0 Å². The Bertz CT molecular complexity index is 326. The highest BCUT2D eigenvalue weighted by Gasteiger charge is 2.42. The summed E-state index contributed by atoms with van der Waals surface area (Å²) < 4.78 is 17.6. The van der Waals surface area contributed by atoms with Crippen molar-refractivity contribution in [2.45, 2.75) is 26.1 Å². The van der Waals surface area contributed by atoms with E-state index in [-0.39, 0.29) is 0 Å². The third-order valence-electron chi connectivity index (χ3n) is 2.46. The first-order chi connectivity index (χ1) is 8.72. The Labute approximate surface area is 119 Å². The van der Waals surface area contributed by atoms with Gasteiger partial charge in [0.2, 0.25) is 0 Å². The van der Waals surface area contributed by atoms with Crippen molar-refractivity contribution in [2.75, 3.05) is 19.8 Å². The second-order valence-electron chi connectivity index (χ2n) is 3.69. The lowest BCUT2D eigenvalue weighted by atomic mass is 10.2. The summed E-state index contributed by atoms with van der Waals surface area (Å²) in [6, 6.07) is 8.24. The molecule has 0 aliphatic rings. The van der Waals surface area contributed by atoms with Crippen molar-refractivity contribution < 1.29 is 13.3 Å². The lowest BCUT2D eigenvalue weighted by Crippen LogP contribution is -2.56. The molecule has 1 aromatic carbocycles. The maximum atomic E-state index is 5.85. The zero-order valence-corrected chi connectivity index (χ0v) is 13.8. The van der Waals surface area contributed by atoms with E-state index in [2.05, 4.69) is 28.1 Å². The fourth-order valence-electron chi connectivity index (χ4n) is 1.74. The fourth-order valence-corrected chi connectivity index (χ4v) is 4.58. The molecule has 0 radical (unpaired) electrons. The Morgan fingerprint density at radius 2 is 1.33 bits per heavy atom. The van der Waals surface area contributed by atoms with Crippen LogP contribution in [0.25, 0.3) is 0 Å². The summed E-state index contributed by atoms with van der Waals surface area (Å²) in [7, 11) is -2.72. The highest BCUT2D eigenvalue weighted by molar-refractivity contribution is 9.08. The molecule has 0 unspecified atom stereocenters. The van der Waals surface area contributed by atoms with Crippen molar-refractivity contribution in [2.24, 2.45) is 0 Å². The van der Waals surface area contributed by atoms with Gasteiger partial charge in [0, 0.05) is 30.3 Å². The van der Waals surface area contributed by atoms with E-state index in [4.69, 9.17) is 13.3 Å². The summed E-state index contributed by atoms with van der Waals surface area (Å²) in [4.78, 5) is 0. The maximum Gasteiger partial charge on any atom is 0.537 e. The Morgan fingerprint density at radius 1 is 0.889 bits per heavy atom. The lowest BCUT2D eigenvalue weighted by Gasteiger charge is -2.28. The van der Waals surface area contributed by atoms with Gasteiger partial charge in [-0.15, -0.1) is 0 Å². The standard InChI is InChI=1S/C13H21BrO3Si/c1-4-15-18(16-5-2,17-6-3)13-9-7-12(11-14)8-10-13/h7-10H,4-6,11H2,1-3H3.